The molecule has 0 aromatic carbocycles. The van der Waals surface area contributed by atoms with Crippen LogP contribution in [0.5, 0.6) is 0 Å². The Kier molecular flexibility index (Phi) is 36.4. The summed E-state index contributed by atoms with van der Waals surface area (Å²) < 4.78 is 28.0. The van der Waals surface area contributed by atoms with Gasteiger partial charge >= 0.3 is 23.9 Å². The second-order valence-corrected chi connectivity index (χ2v) is 16.4. The van der Waals surface area contributed by atoms with Crippen molar-refractivity contribution in [2.45, 2.75) is 225 Å². The van der Waals surface area contributed by atoms with Gasteiger partial charge in [-0.05, 0) is 44.9 Å². The minimum atomic E-state index is -1.91. The van der Waals surface area contributed by atoms with Crippen molar-refractivity contribution >= 4 is 23.9 Å². The fourth-order valence-corrected chi connectivity index (χ4v) is 6.91. The zero-order chi connectivity index (χ0) is 46.2. The molecule has 0 aromatic rings. The summed E-state index contributed by atoms with van der Waals surface area (Å²) in [5.41, 5.74) is 0. The zero-order valence-corrected chi connectivity index (χ0v) is 39.1. The number of aliphatic hydroxyl groups is 2. The van der Waals surface area contributed by atoms with Crippen LogP contribution in [0.25, 0.3) is 0 Å². The lowest BCUT2D eigenvalue weighted by Gasteiger charge is -2.40. The highest BCUT2D eigenvalue weighted by Gasteiger charge is 2.50. The molecule has 0 amide bonds. The summed E-state index contributed by atoms with van der Waals surface area (Å²) in [5.74, 6) is -3.29. The van der Waals surface area contributed by atoms with Gasteiger partial charge in [0.25, 0.3) is 0 Å². The third kappa shape index (κ3) is 31.0. The van der Waals surface area contributed by atoms with Crippen LogP contribution in [0, 0.1) is 0 Å². The highest BCUT2D eigenvalue weighted by molar-refractivity contribution is 5.74. The lowest BCUT2D eigenvalue weighted by molar-refractivity contribution is -0.301. The number of hydrogen-bond donors (Lipinski definition) is 3. The first kappa shape index (κ1) is 57.4. The fraction of sp³-hybridized carbons (Fsp3) is 0.725. The van der Waals surface area contributed by atoms with Gasteiger partial charge in [0.1, 0.15) is 18.8 Å². The number of aliphatic hydroxyl groups excluding tert-OH is 2. The van der Waals surface area contributed by atoms with Gasteiger partial charge in [0.2, 0.25) is 0 Å². The number of carboxylic acid groups (broad SMARTS) is 1. The molecule has 1 aliphatic rings. The quantitative estimate of drug-likeness (QED) is 0.0231. The normalized spacial score (nSPS) is 19.8. The molecule has 1 saturated heterocycles. The van der Waals surface area contributed by atoms with E-state index < -0.39 is 67.3 Å². The number of rotatable bonds is 39. The molecule has 3 N–H and O–H groups in total. The minimum absolute atomic E-state index is 0.0133. The lowest BCUT2D eigenvalue weighted by Crippen LogP contribution is -2.61. The van der Waals surface area contributed by atoms with Gasteiger partial charge in [0, 0.05) is 12.8 Å². The number of esters is 3. The van der Waals surface area contributed by atoms with E-state index in [0.29, 0.717) is 19.3 Å². The van der Waals surface area contributed by atoms with E-state index in [9.17, 15) is 34.5 Å². The Morgan fingerprint density at radius 2 is 0.984 bits per heavy atom. The number of hydrogen-bond acceptors (Lipinski definition) is 11. The first-order chi connectivity index (χ1) is 30.6. The fourth-order valence-electron chi connectivity index (χ4n) is 6.91. The predicted molar refractivity (Wildman–Crippen MR) is 248 cm³/mol. The number of aliphatic carboxylic acids is 1. The van der Waals surface area contributed by atoms with Crippen LogP contribution in [0.2, 0.25) is 0 Å². The molecule has 0 aromatic heterocycles. The summed E-state index contributed by atoms with van der Waals surface area (Å²) in [5, 5.41) is 31.1. The van der Waals surface area contributed by atoms with E-state index in [1.165, 1.54) is 57.8 Å². The van der Waals surface area contributed by atoms with Gasteiger partial charge in [0.15, 0.2) is 24.6 Å². The number of carbonyl (C=O) groups excluding carboxylic acids is 3. The summed E-state index contributed by atoms with van der Waals surface area (Å²) in [6, 6.07) is 0. The van der Waals surface area contributed by atoms with Crippen LogP contribution >= 0.6 is 0 Å². The third-order valence-electron chi connectivity index (χ3n) is 10.6. The zero-order valence-electron chi connectivity index (χ0n) is 39.1. The van der Waals surface area contributed by atoms with E-state index in [1.54, 1.807) is 6.08 Å². The van der Waals surface area contributed by atoms with Crippen LogP contribution in [-0.2, 0) is 42.9 Å². The topological polar surface area (TPSA) is 175 Å². The second kappa shape index (κ2) is 40.0. The Hall–Kier alpha value is -3.58. The summed E-state index contributed by atoms with van der Waals surface area (Å²) in [6.45, 7) is 5.68. The van der Waals surface area contributed by atoms with E-state index in [1.807, 2.05) is 12.2 Å². The van der Waals surface area contributed by atoms with Crippen molar-refractivity contribution in [3.8, 4) is 0 Å². The van der Waals surface area contributed by atoms with Crippen molar-refractivity contribution in [1.29, 1.82) is 0 Å². The van der Waals surface area contributed by atoms with E-state index in [2.05, 4.69) is 63.3 Å². The average Bonchev–Trinajstić information content (AvgIpc) is 3.26. The Balaban J connectivity index is 2.80. The van der Waals surface area contributed by atoms with Gasteiger partial charge in [0.05, 0.1) is 13.0 Å². The van der Waals surface area contributed by atoms with Crippen molar-refractivity contribution < 1.29 is 58.2 Å². The molecule has 0 spiro atoms. The van der Waals surface area contributed by atoms with E-state index in [0.717, 1.165) is 70.6 Å². The molecule has 1 aliphatic heterocycles. The smallest absolute Gasteiger partial charge is 0.335 e. The summed E-state index contributed by atoms with van der Waals surface area (Å²) >= 11 is 0. The molecule has 360 valence electrons. The maximum atomic E-state index is 13.0. The SMILES string of the molecule is CC/C=C\C/C=C\C/C=C\C/C=C\C/C=C\CC(=O)OCC(COC1OC(C(=O)O)C(O)C(O)C1OC(=O)CCCCCCCCCCC)OC(=O)CCCCCCCCCCC. The molecule has 1 fully saturated rings. The summed E-state index contributed by atoms with van der Waals surface area (Å²) in [4.78, 5) is 50.5. The molecular formula is C51H84O12. The van der Waals surface area contributed by atoms with Gasteiger partial charge in [-0.2, -0.15) is 0 Å². The van der Waals surface area contributed by atoms with Gasteiger partial charge in [-0.3, -0.25) is 14.4 Å². The number of allylic oxidation sites excluding steroid dienone is 9. The Morgan fingerprint density at radius 1 is 0.540 bits per heavy atom. The number of carbonyl (C=O) groups is 4. The number of unbranched alkanes of at least 4 members (excludes halogenated alkanes) is 16. The van der Waals surface area contributed by atoms with Gasteiger partial charge < -0.3 is 39.0 Å². The van der Waals surface area contributed by atoms with E-state index in [-0.39, 0.29) is 25.9 Å². The van der Waals surface area contributed by atoms with Crippen LogP contribution < -0.4 is 0 Å². The molecule has 0 saturated carbocycles. The van der Waals surface area contributed by atoms with Gasteiger partial charge in [-0.25, -0.2) is 4.79 Å². The molecule has 6 atom stereocenters. The Labute approximate surface area is 379 Å². The molecule has 6 unspecified atom stereocenters. The highest BCUT2D eigenvalue weighted by atomic mass is 16.7. The molecule has 12 heteroatoms. The largest absolute Gasteiger partial charge is 0.479 e. The predicted octanol–water partition coefficient (Wildman–Crippen LogP) is 10.9. The van der Waals surface area contributed by atoms with Crippen LogP contribution in [0.1, 0.15) is 188 Å². The molecule has 12 nitrogen and oxygen atoms in total. The first-order valence-electron chi connectivity index (χ1n) is 24.3. The second-order valence-electron chi connectivity index (χ2n) is 16.4. The molecule has 0 radical (unpaired) electrons. The van der Waals surface area contributed by atoms with Crippen LogP contribution in [0.4, 0.5) is 0 Å². The maximum Gasteiger partial charge on any atom is 0.335 e. The first-order valence-corrected chi connectivity index (χ1v) is 24.3. The number of ether oxygens (including phenoxy) is 5. The van der Waals surface area contributed by atoms with E-state index >= 15 is 0 Å². The van der Waals surface area contributed by atoms with E-state index in [4.69, 9.17) is 23.7 Å². The van der Waals surface area contributed by atoms with Crippen molar-refractivity contribution in [1.82, 2.24) is 0 Å². The standard InChI is InChI=1S/C51H84O12/c1-4-7-10-13-16-19-20-21-22-23-24-27-28-31-34-37-43(52)59-40-42(61-44(53)38-35-32-29-25-17-14-11-8-5-2)41-60-51-49(47(56)46(55)48(63-51)50(57)58)62-45(54)39-36-33-30-26-18-15-12-9-6-3/h7,10,16,19,21-22,24,27,31,34,42,46-49,51,55-56H,4-6,8-9,11-15,17-18,20,23,25-26,28-30,32-33,35-41H2,1-3H3,(H,57,58)/b10-7-,19-16-,22-21-,27-24-,34-31-. The monoisotopic (exact) mass is 889 g/mol. The molecular weight excluding hydrogens is 805 g/mol. The highest BCUT2D eigenvalue weighted by Crippen LogP contribution is 2.26. The maximum absolute atomic E-state index is 13.0. The van der Waals surface area contributed by atoms with Crippen molar-refractivity contribution in [2.75, 3.05) is 13.2 Å². The molecule has 0 bridgehead atoms. The third-order valence-corrected chi connectivity index (χ3v) is 10.6. The van der Waals surface area contributed by atoms with Crippen LogP contribution in [0.3, 0.4) is 0 Å². The minimum Gasteiger partial charge on any atom is -0.479 e. The van der Waals surface area contributed by atoms with Gasteiger partial charge in [-0.15, -0.1) is 0 Å². The molecule has 0 aliphatic carbocycles. The van der Waals surface area contributed by atoms with Crippen LogP contribution in [-0.4, -0.2) is 89.2 Å². The average molecular weight is 889 g/mol. The van der Waals surface area contributed by atoms with Gasteiger partial charge in [-0.1, -0.05) is 184 Å². The summed E-state index contributed by atoms with van der Waals surface area (Å²) in [7, 11) is 0. The molecule has 1 heterocycles. The molecule has 1 rings (SSSR count). The van der Waals surface area contributed by atoms with Crippen molar-refractivity contribution in [3.63, 3.8) is 0 Å². The summed E-state index contributed by atoms with van der Waals surface area (Å²) in [6.07, 6.45) is 34.2. The van der Waals surface area contributed by atoms with Crippen molar-refractivity contribution in [3.05, 3.63) is 60.8 Å². The Morgan fingerprint density at radius 3 is 1.46 bits per heavy atom. The Bertz CT molecular complexity index is 1340. The van der Waals surface area contributed by atoms with Crippen LogP contribution in [0.15, 0.2) is 60.8 Å². The lowest BCUT2D eigenvalue weighted by atomic mass is 9.98. The number of carboxylic acids is 1. The molecule has 63 heavy (non-hydrogen) atoms. The van der Waals surface area contributed by atoms with Crippen molar-refractivity contribution in [2.24, 2.45) is 0 Å².